The number of nitrogens with one attached hydrogen (secondary N) is 1. The van der Waals surface area contributed by atoms with Crippen LogP contribution >= 0.6 is 0 Å². The first kappa shape index (κ1) is 13.3. The number of cyclic esters (lactones) is 1. The van der Waals surface area contributed by atoms with Crippen LogP contribution in [0.1, 0.15) is 12.1 Å². The number of aromatic nitrogens is 2. The Morgan fingerprint density at radius 2 is 2.10 bits per heavy atom. The highest BCUT2D eigenvalue weighted by Crippen LogP contribution is 2.15. The predicted octanol–water partition coefficient (Wildman–Crippen LogP) is 0.324. The maximum Gasteiger partial charge on any atom is 0.347 e. The maximum absolute atomic E-state index is 11.9. The lowest BCUT2D eigenvalue weighted by molar-refractivity contribution is -0.159. The molecule has 3 rings (SSSR count). The van der Waals surface area contributed by atoms with Crippen LogP contribution in [0, 0.1) is 0 Å². The third-order valence-electron chi connectivity index (χ3n) is 3.25. The van der Waals surface area contributed by atoms with E-state index in [0.717, 1.165) is 0 Å². The molecule has 0 amide bonds. The van der Waals surface area contributed by atoms with E-state index in [1.165, 1.54) is 0 Å². The van der Waals surface area contributed by atoms with Gasteiger partial charge in [-0.15, -0.1) is 0 Å². The van der Waals surface area contributed by atoms with Gasteiger partial charge in [0.15, 0.2) is 0 Å². The van der Waals surface area contributed by atoms with Crippen molar-refractivity contribution in [3.05, 3.63) is 40.3 Å². The molecule has 7 heteroatoms. The smallest absolute Gasteiger partial charge is 0.347 e. The van der Waals surface area contributed by atoms with Crippen LogP contribution in [-0.2, 0) is 25.5 Å². The molecule has 1 saturated heterocycles. The lowest BCUT2D eigenvalue weighted by atomic mass is 10.1. The summed E-state index contributed by atoms with van der Waals surface area (Å²) < 4.78 is 9.78. The van der Waals surface area contributed by atoms with Gasteiger partial charge in [0.1, 0.15) is 0 Å². The minimum Gasteiger partial charge on any atom is -0.463 e. The van der Waals surface area contributed by atoms with Crippen LogP contribution in [0.2, 0.25) is 0 Å². The summed E-state index contributed by atoms with van der Waals surface area (Å²) in [6, 6.07) is 6.85. The molecule has 0 bridgehead atoms. The molecule has 1 aliphatic rings. The number of hydrogen-bond donors (Lipinski definition) is 1. The van der Waals surface area contributed by atoms with E-state index in [1.807, 2.05) is 0 Å². The summed E-state index contributed by atoms with van der Waals surface area (Å²) in [6.45, 7) is 0.261. The highest BCUT2D eigenvalue weighted by atomic mass is 16.6. The number of carbonyl (C=O) groups excluding carboxylic acids is 2. The van der Waals surface area contributed by atoms with Gasteiger partial charge < -0.3 is 9.47 Å². The first-order chi connectivity index (χ1) is 10.1. The second-order valence-electron chi connectivity index (χ2n) is 4.66. The van der Waals surface area contributed by atoms with Gasteiger partial charge in [-0.2, -0.15) is 5.10 Å². The number of esters is 2. The van der Waals surface area contributed by atoms with Crippen LogP contribution in [0.5, 0.6) is 0 Å². The molecular weight excluding hydrogens is 276 g/mol. The lowest BCUT2D eigenvalue weighted by Gasteiger charge is -2.08. The lowest BCUT2D eigenvalue weighted by Crippen LogP contribution is -2.24. The molecule has 0 radical (unpaired) electrons. The van der Waals surface area contributed by atoms with Gasteiger partial charge >= 0.3 is 11.9 Å². The Balaban J connectivity index is 1.82. The van der Waals surface area contributed by atoms with Crippen LogP contribution in [0.3, 0.4) is 0 Å². The topological polar surface area (TPSA) is 98.3 Å². The molecule has 1 aromatic carbocycles. The van der Waals surface area contributed by atoms with Crippen LogP contribution in [-0.4, -0.2) is 34.8 Å². The first-order valence-electron chi connectivity index (χ1n) is 6.47. The third kappa shape index (κ3) is 2.62. The normalized spacial score (nSPS) is 17.7. The predicted molar refractivity (Wildman–Crippen MR) is 71.5 cm³/mol. The molecule has 0 aliphatic carbocycles. The Bertz CT molecular complexity index is 767. The maximum atomic E-state index is 11.9. The van der Waals surface area contributed by atoms with Crippen molar-refractivity contribution in [2.45, 2.75) is 18.9 Å². The fourth-order valence-corrected chi connectivity index (χ4v) is 2.23. The molecule has 1 fully saturated rings. The van der Waals surface area contributed by atoms with Gasteiger partial charge in [0, 0.05) is 11.8 Å². The summed E-state index contributed by atoms with van der Waals surface area (Å²) in [5.41, 5.74) is 0.0867. The van der Waals surface area contributed by atoms with E-state index in [-0.39, 0.29) is 18.6 Å². The summed E-state index contributed by atoms with van der Waals surface area (Å²) in [4.78, 5) is 34.8. The number of fused-ring (bicyclic) bond motifs is 1. The zero-order valence-electron chi connectivity index (χ0n) is 11.0. The molecule has 0 spiro atoms. The first-order valence-corrected chi connectivity index (χ1v) is 6.47. The molecule has 2 aromatic rings. The second kappa shape index (κ2) is 5.35. The fraction of sp³-hybridized carbons (Fsp3) is 0.286. The van der Waals surface area contributed by atoms with Gasteiger partial charge in [-0.3, -0.25) is 9.59 Å². The average Bonchev–Trinajstić information content (AvgIpc) is 2.88. The molecule has 21 heavy (non-hydrogen) atoms. The van der Waals surface area contributed by atoms with Crippen molar-refractivity contribution in [3.63, 3.8) is 0 Å². The Morgan fingerprint density at radius 1 is 1.33 bits per heavy atom. The number of ether oxygens (including phenoxy) is 2. The van der Waals surface area contributed by atoms with Gasteiger partial charge in [0.2, 0.25) is 6.10 Å². The highest BCUT2D eigenvalue weighted by Gasteiger charge is 2.30. The monoisotopic (exact) mass is 288 g/mol. The van der Waals surface area contributed by atoms with E-state index >= 15 is 0 Å². The quantitative estimate of drug-likeness (QED) is 0.817. The Hall–Kier alpha value is -2.70. The van der Waals surface area contributed by atoms with Crippen LogP contribution in [0.15, 0.2) is 29.1 Å². The summed E-state index contributed by atoms with van der Waals surface area (Å²) in [5.74, 6) is -1.11. The van der Waals surface area contributed by atoms with E-state index in [0.29, 0.717) is 22.9 Å². The van der Waals surface area contributed by atoms with Gasteiger partial charge in [0.25, 0.3) is 5.56 Å². The van der Waals surface area contributed by atoms with Gasteiger partial charge in [-0.1, -0.05) is 18.2 Å². The number of hydrogen-bond acceptors (Lipinski definition) is 6. The summed E-state index contributed by atoms with van der Waals surface area (Å²) >= 11 is 0. The molecule has 1 atom stereocenters. The Morgan fingerprint density at radius 3 is 2.81 bits per heavy atom. The van der Waals surface area contributed by atoms with E-state index in [1.54, 1.807) is 24.3 Å². The van der Waals surface area contributed by atoms with Crippen molar-refractivity contribution in [2.75, 3.05) is 6.61 Å². The van der Waals surface area contributed by atoms with Gasteiger partial charge in [-0.25, -0.2) is 9.89 Å². The Kier molecular flexibility index (Phi) is 3.39. The number of nitrogens with zero attached hydrogens (tertiary/aromatic N) is 1. The van der Waals surface area contributed by atoms with Crippen LogP contribution in [0.25, 0.3) is 10.8 Å². The van der Waals surface area contributed by atoms with Crippen molar-refractivity contribution < 1.29 is 19.1 Å². The van der Waals surface area contributed by atoms with Crippen LogP contribution in [0.4, 0.5) is 0 Å². The second-order valence-corrected chi connectivity index (χ2v) is 4.66. The Labute approximate surface area is 118 Å². The highest BCUT2D eigenvalue weighted by molar-refractivity contribution is 5.87. The summed E-state index contributed by atoms with van der Waals surface area (Å²) in [7, 11) is 0. The van der Waals surface area contributed by atoms with Crippen molar-refractivity contribution >= 4 is 22.7 Å². The summed E-state index contributed by atoms with van der Waals surface area (Å²) in [6.07, 6.45) is -0.600. The molecule has 1 aromatic heterocycles. The number of carbonyl (C=O) groups is 2. The molecule has 2 heterocycles. The number of benzene rings is 1. The molecule has 1 N–H and O–H groups in total. The van der Waals surface area contributed by atoms with E-state index in [9.17, 15) is 14.4 Å². The van der Waals surface area contributed by atoms with Crippen molar-refractivity contribution in [3.8, 4) is 0 Å². The van der Waals surface area contributed by atoms with Crippen molar-refractivity contribution in [2.24, 2.45) is 0 Å². The molecule has 108 valence electrons. The van der Waals surface area contributed by atoms with Crippen LogP contribution < -0.4 is 5.56 Å². The van der Waals surface area contributed by atoms with Crippen molar-refractivity contribution in [1.29, 1.82) is 0 Å². The molecule has 7 nitrogen and oxygen atoms in total. The van der Waals surface area contributed by atoms with Gasteiger partial charge in [0.05, 0.1) is 24.1 Å². The minimum absolute atomic E-state index is 0.124. The van der Waals surface area contributed by atoms with Crippen molar-refractivity contribution in [1.82, 2.24) is 10.2 Å². The molecular formula is C14H12N2O5. The van der Waals surface area contributed by atoms with E-state index in [2.05, 4.69) is 10.2 Å². The zero-order chi connectivity index (χ0) is 14.8. The number of H-pyrrole nitrogens is 1. The SMILES string of the molecule is O=C(Cc1n[nH]c(=O)c2ccccc12)O[C@H]1CCOC1=O. The largest absolute Gasteiger partial charge is 0.463 e. The average molecular weight is 288 g/mol. The van der Waals surface area contributed by atoms with E-state index in [4.69, 9.17) is 9.47 Å². The van der Waals surface area contributed by atoms with Gasteiger partial charge in [-0.05, 0) is 6.07 Å². The number of aromatic amines is 1. The standard InChI is InChI=1S/C14H12N2O5/c17-12(21-11-5-6-20-14(11)19)7-10-8-3-1-2-4-9(8)13(18)16-15-10/h1-4,11H,5-7H2,(H,16,18)/t11-/m0/s1. The minimum atomic E-state index is -0.841. The molecule has 1 aliphatic heterocycles. The zero-order valence-corrected chi connectivity index (χ0v) is 11.0. The number of rotatable bonds is 3. The van der Waals surface area contributed by atoms with E-state index < -0.39 is 18.0 Å². The third-order valence-corrected chi connectivity index (χ3v) is 3.25. The molecule has 0 saturated carbocycles. The molecule has 0 unspecified atom stereocenters. The fourth-order valence-electron chi connectivity index (χ4n) is 2.23. The summed E-state index contributed by atoms with van der Waals surface area (Å²) in [5, 5.41) is 7.28.